The molecule has 0 fully saturated rings. The Labute approximate surface area is 105 Å². The fourth-order valence-corrected chi connectivity index (χ4v) is 1.93. The number of hydrogen-bond donors (Lipinski definition) is 0. The van der Waals surface area contributed by atoms with Crippen LogP contribution in [0.15, 0.2) is 35.7 Å². The molecule has 0 aliphatic rings. The second-order valence-electron chi connectivity index (χ2n) is 3.84. The van der Waals surface area contributed by atoms with Crippen molar-refractivity contribution in [2.45, 2.75) is 11.7 Å². The number of nitrogens with zero attached hydrogens (tertiary/aromatic N) is 3. The van der Waals surface area contributed by atoms with Gasteiger partial charge in [-0.2, -0.15) is 0 Å². The van der Waals surface area contributed by atoms with Gasteiger partial charge >= 0.3 is 0 Å². The molecule has 0 N–H and O–H groups in total. The van der Waals surface area contributed by atoms with Crippen molar-refractivity contribution in [1.82, 2.24) is 14.8 Å². The zero-order chi connectivity index (χ0) is 13.2. The summed E-state index contributed by atoms with van der Waals surface area (Å²) in [5.74, 6) is 0.772. The second kappa shape index (κ2) is 4.77. The topological polar surface area (TPSA) is 74.1 Å². The summed E-state index contributed by atoms with van der Waals surface area (Å²) in [5.41, 5.74) is 0.987. The third-order valence-electron chi connectivity index (χ3n) is 2.35. The molecule has 0 saturated heterocycles. The number of sulfone groups is 1. The SMILES string of the molecule is COc1ccc(Cn2cnc(S(C)(=O)=O)n2)cc1. The first-order valence-electron chi connectivity index (χ1n) is 5.21. The van der Waals surface area contributed by atoms with Crippen molar-refractivity contribution in [2.24, 2.45) is 0 Å². The van der Waals surface area contributed by atoms with E-state index in [1.807, 2.05) is 24.3 Å². The Morgan fingerprint density at radius 3 is 2.44 bits per heavy atom. The second-order valence-corrected chi connectivity index (χ2v) is 5.75. The molecule has 18 heavy (non-hydrogen) atoms. The highest BCUT2D eigenvalue weighted by molar-refractivity contribution is 7.90. The number of ether oxygens (including phenoxy) is 1. The molecule has 6 nitrogen and oxygen atoms in total. The van der Waals surface area contributed by atoms with Crippen molar-refractivity contribution < 1.29 is 13.2 Å². The van der Waals surface area contributed by atoms with Gasteiger partial charge < -0.3 is 4.74 Å². The van der Waals surface area contributed by atoms with E-state index in [1.54, 1.807) is 7.11 Å². The lowest BCUT2D eigenvalue weighted by Crippen LogP contribution is -2.04. The van der Waals surface area contributed by atoms with Gasteiger partial charge in [-0.1, -0.05) is 12.1 Å². The highest BCUT2D eigenvalue weighted by atomic mass is 32.2. The predicted molar refractivity (Wildman–Crippen MR) is 65.2 cm³/mol. The first-order chi connectivity index (χ1) is 8.49. The number of aromatic nitrogens is 3. The quantitative estimate of drug-likeness (QED) is 0.816. The molecule has 2 rings (SSSR count). The molecule has 0 bridgehead atoms. The standard InChI is InChI=1S/C11H13N3O3S/c1-17-10-5-3-9(4-6-10)7-14-8-12-11(13-14)18(2,15)16/h3-6,8H,7H2,1-2H3. The average molecular weight is 267 g/mol. The van der Waals surface area contributed by atoms with Crippen LogP contribution in [-0.4, -0.2) is 36.5 Å². The number of methoxy groups -OCH3 is 1. The zero-order valence-electron chi connectivity index (χ0n) is 10.1. The lowest BCUT2D eigenvalue weighted by atomic mass is 10.2. The van der Waals surface area contributed by atoms with Crippen LogP contribution in [0.4, 0.5) is 0 Å². The smallest absolute Gasteiger partial charge is 0.266 e. The lowest BCUT2D eigenvalue weighted by molar-refractivity contribution is 0.414. The van der Waals surface area contributed by atoms with Crippen LogP contribution >= 0.6 is 0 Å². The van der Waals surface area contributed by atoms with Crippen molar-refractivity contribution in [2.75, 3.05) is 13.4 Å². The molecule has 7 heteroatoms. The van der Waals surface area contributed by atoms with E-state index in [0.717, 1.165) is 17.6 Å². The van der Waals surface area contributed by atoms with Gasteiger partial charge in [-0.25, -0.2) is 18.1 Å². The Balaban J connectivity index is 2.16. The first kappa shape index (κ1) is 12.6. The Morgan fingerprint density at radius 2 is 1.94 bits per heavy atom. The fraction of sp³-hybridized carbons (Fsp3) is 0.273. The number of benzene rings is 1. The molecule has 0 aliphatic heterocycles. The maximum atomic E-state index is 11.2. The van der Waals surface area contributed by atoms with Crippen LogP contribution < -0.4 is 4.74 Å². The molecule has 0 spiro atoms. The number of rotatable bonds is 4. The summed E-state index contributed by atoms with van der Waals surface area (Å²) in [7, 11) is -1.75. The van der Waals surface area contributed by atoms with Crippen LogP contribution in [0, 0.1) is 0 Å². The van der Waals surface area contributed by atoms with E-state index >= 15 is 0 Å². The van der Waals surface area contributed by atoms with Crippen LogP contribution in [0.25, 0.3) is 0 Å². The van der Waals surface area contributed by atoms with Gasteiger partial charge in [-0.05, 0) is 17.7 Å². The van der Waals surface area contributed by atoms with Crippen molar-refractivity contribution >= 4 is 9.84 Å². The molecule has 1 aromatic carbocycles. The third kappa shape index (κ3) is 2.86. The fourth-order valence-electron chi connectivity index (χ4n) is 1.44. The zero-order valence-corrected chi connectivity index (χ0v) is 10.9. The molecule has 2 aromatic rings. The highest BCUT2D eigenvalue weighted by Gasteiger charge is 2.12. The lowest BCUT2D eigenvalue weighted by Gasteiger charge is -2.03. The highest BCUT2D eigenvalue weighted by Crippen LogP contribution is 2.12. The van der Waals surface area contributed by atoms with Gasteiger partial charge in [0.2, 0.25) is 9.84 Å². The van der Waals surface area contributed by atoms with Crippen molar-refractivity contribution in [3.63, 3.8) is 0 Å². The maximum Gasteiger partial charge on any atom is 0.266 e. The minimum atomic E-state index is -3.35. The van der Waals surface area contributed by atoms with Gasteiger partial charge in [0, 0.05) is 6.26 Å². The third-order valence-corrected chi connectivity index (χ3v) is 3.20. The van der Waals surface area contributed by atoms with E-state index in [9.17, 15) is 8.42 Å². The van der Waals surface area contributed by atoms with Crippen molar-refractivity contribution in [1.29, 1.82) is 0 Å². The summed E-state index contributed by atoms with van der Waals surface area (Å²) in [5, 5.41) is 3.75. The average Bonchev–Trinajstić information content (AvgIpc) is 2.78. The normalized spacial score (nSPS) is 11.4. The molecule has 0 aliphatic carbocycles. The van der Waals surface area contributed by atoms with Gasteiger partial charge in [-0.15, -0.1) is 5.10 Å². The largest absolute Gasteiger partial charge is 0.497 e. The van der Waals surface area contributed by atoms with E-state index in [1.165, 1.54) is 11.0 Å². The Hall–Kier alpha value is -1.89. The van der Waals surface area contributed by atoms with E-state index in [4.69, 9.17) is 4.74 Å². The van der Waals surface area contributed by atoms with Gasteiger partial charge in [0.25, 0.3) is 5.16 Å². The summed E-state index contributed by atoms with van der Waals surface area (Å²) in [4.78, 5) is 3.76. The minimum absolute atomic E-state index is 0.156. The van der Waals surface area contributed by atoms with Gasteiger partial charge in [-0.3, -0.25) is 0 Å². The Morgan fingerprint density at radius 1 is 1.28 bits per heavy atom. The molecule has 0 saturated carbocycles. The molecule has 0 atom stereocenters. The van der Waals surface area contributed by atoms with Gasteiger partial charge in [0.1, 0.15) is 12.1 Å². The Kier molecular flexibility index (Phi) is 3.33. The first-order valence-corrected chi connectivity index (χ1v) is 7.10. The van der Waals surface area contributed by atoms with Crippen LogP contribution in [0.3, 0.4) is 0 Å². The maximum absolute atomic E-state index is 11.2. The molecule has 0 radical (unpaired) electrons. The summed E-state index contributed by atoms with van der Waals surface area (Å²) in [6, 6.07) is 7.45. The van der Waals surface area contributed by atoms with Gasteiger partial charge in [0.05, 0.1) is 13.7 Å². The van der Waals surface area contributed by atoms with E-state index < -0.39 is 9.84 Å². The Bertz CT molecular complexity index is 632. The summed E-state index contributed by atoms with van der Waals surface area (Å²) in [6.07, 6.45) is 2.49. The van der Waals surface area contributed by atoms with Crippen LogP contribution in [0.2, 0.25) is 0 Å². The summed E-state index contributed by atoms with van der Waals surface area (Å²) < 4.78 is 29.0. The minimum Gasteiger partial charge on any atom is -0.497 e. The molecule has 0 amide bonds. The number of hydrogen-bond acceptors (Lipinski definition) is 5. The summed E-state index contributed by atoms with van der Waals surface area (Å²) >= 11 is 0. The molecule has 0 unspecified atom stereocenters. The summed E-state index contributed by atoms with van der Waals surface area (Å²) in [6.45, 7) is 0.465. The predicted octanol–water partition coefficient (Wildman–Crippen LogP) is 0.738. The molecule has 1 heterocycles. The van der Waals surface area contributed by atoms with Gasteiger partial charge in [0.15, 0.2) is 0 Å². The monoisotopic (exact) mass is 267 g/mol. The molecule has 1 aromatic heterocycles. The van der Waals surface area contributed by atoms with E-state index in [0.29, 0.717) is 6.54 Å². The molecular formula is C11H13N3O3S. The van der Waals surface area contributed by atoms with Crippen molar-refractivity contribution in [3.05, 3.63) is 36.2 Å². The van der Waals surface area contributed by atoms with Crippen LogP contribution in [0.1, 0.15) is 5.56 Å². The van der Waals surface area contributed by atoms with E-state index in [-0.39, 0.29) is 5.16 Å². The molecular weight excluding hydrogens is 254 g/mol. The molecule has 96 valence electrons. The van der Waals surface area contributed by atoms with E-state index in [2.05, 4.69) is 10.1 Å². The van der Waals surface area contributed by atoms with Crippen LogP contribution in [0.5, 0.6) is 5.75 Å². The van der Waals surface area contributed by atoms with Crippen molar-refractivity contribution in [3.8, 4) is 5.75 Å². The van der Waals surface area contributed by atoms with Crippen LogP contribution in [-0.2, 0) is 16.4 Å².